The summed E-state index contributed by atoms with van der Waals surface area (Å²) in [5.74, 6) is -1.63. The van der Waals surface area contributed by atoms with Crippen LogP contribution in [-0.2, 0) is 22.7 Å². The van der Waals surface area contributed by atoms with Gasteiger partial charge in [-0.15, -0.1) is 0 Å². The second kappa shape index (κ2) is 12.2. The first-order valence-corrected chi connectivity index (χ1v) is 14.0. The lowest BCUT2D eigenvalue weighted by atomic mass is 9.95. The number of rotatable bonds is 10. The van der Waals surface area contributed by atoms with Crippen LogP contribution in [0, 0.1) is 5.82 Å². The average Bonchev–Trinajstić information content (AvgIpc) is 3.46. The summed E-state index contributed by atoms with van der Waals surface area (Å²) >= 11 is 0. The lowest BCUT2D eigenvalue weighted by Crippen LogP contribution is -2.44. The van der Waals surface area contributed by atoms with Crippen molar-refractivity contribution in [3.63, 3.8) is 0 Å². The second-order valence-corrected chi connectivity index (χ2v) is 10.9. The summed E-state index contributed by atoms with van der Waals surface area (Å²) in [5, 5.41) is 12.9. The number of aliphatic carboxylic acids is 1. The quantitative estimate of drug-likeness (QED) is 0.368. The van der Waals surface area contributed by atoms with E-state index in [2.05, 4.69) is 5.32 Å². The molecule has 1 unspecified atom stereocenters. The molecule has 5 rings (SSSR count). The van der Waals surface area contributed by atoms with Crippen LogP contribution in [-0.4, -0.2) is 32.4 Å². The number of anilines is 1. The highest BCUT2D eigenvalue weighted by molar-refractivity contribution is 5.82. The van der Waals surface area contributed by atoms with Crippen LogP contribution < -0.4 is 16.6 Å². The highest BCUT2D eigenvalue weighted by Crippen LogP contribution is 2.32. The minimum absolute atomic E-state index is 0.108. The fourth-order valence-corrected chi connectivity index (χ4v) is 6.01. The van der Waals surface area contributed by atoms with E-state index in [1.54, 1.807) is 10.6 Å². The van der Waals surface area contributed by atoms with Gasteiger partial charge in [-0.3, -0.25) is 18.7 Å². The molecule has 208 valence electrons. The first-order chi connectivity index (χ1) is 18.9. The Morgan fingerprint density at radius 2 is 1.72 bits per heavy atom. The number of carbonyl (C=O) groups is 1. The maximum atomic E-state index is 15.3. The molecule has 0 spiro atoms. The number of aromatic nitrogens is 2. The number of hydrogen-bond donors (Lipinski definition) is 2. The van der Waals surface area contributed by atoms with Gasteiger partial charge in [0, 0.05) is 12.1 Å². The molecule has 0 bridgehead atoms. The van der Waals surface area contributed by atoms with Crippen LogP contribution in [0.3, 0.4) is 0 Å². The van der Waals surface area contributed by atoms with E-state index >= 15 is 4.39 Å². The standard InChI is InChI=1S/C30H36FN3O5/c31-25-16-24-27(17-26(25)32-21-11-5-2-6-12-21)34(22-13-7-8-14-22)30(38)33(29(24)37)18-23(15-28(35)36)39-19-20-9-3-1-4-10-20/h1,3-4,9-10,16-17,21-23,32H,2,5-8,11-15,18-19H2,(H,35,36). The fourth-order valence-electron chi connectivity index (χ4n) is 6.01. The number of benzene rings is 2. The zero-order valence-corrected chi connectivity index (χ0v) is 22.1. The van der Waals surface area contributed by atoms with Crippen molar-refractivity contribution in [1.82, 2.24) is 9.13 Å². The van der Waals surface area contributed by atoms with Crippen LogP contribution >= 0.6 is 0 Å². The van der Waals surface area contributed by atoms with E-state index in [9.17, 15) is 19.5 Å². The SMILES string of the molecule is O=C(O)CC(Cn1c(=O)c2cc(F)c(NC3CCCCC3)cc2n(C2CCCC2)c1=O)OCc1ccccc1. The Morgan fingerprint density at radius 3 is 2.41 bits per heavy atom. The van der Waals surface area contributed by atoms with E-state index in [4.69, 9.17) is 4.74 Å². The van der Waals surface area contributed by atoms with Gasteiger partial charge in [0.25, 0.3) is 5.56 Å². The molecular weight excluding hydrogens is 501 g/mol. The van der Waals surface area contributed by atoms with Crippen LogP contribution in [0.2, 0.25) is 0 Å². The largest absolute Gasteiger partial charge is 0.481 e. The van der Waals surface area contributed by atoms with Crippen LogP contribution in [0.15, 0.2) is 52.1 Å². The highest BCUT2D eigenvalue weighted by Gasteiger charge is 2.26. The van der Waals surface area contributed by atoms with Crippen molar-refractivity contribution in [3.05, 3.63) is 74.7 Å². The number of carboxylic acid groups (broad SMARTS) is 1. The van der Waals surface area contributed by atoms with Crippen molar-refractivity contribution < 1.29 is 19.0 Å². The molecule has 3 aromatic rings. The lowest BCUT2D eigenvalue weighted by molar-refractivity contribution is -0.140. The average molecular weight is 538 g/mol. The van der Waals surface area contributed by atoms with E-state index in [-0.39, 0.29) is 37.0 Å². The summed E-state index contributed by atoms with van der Waals surface area (Å²) < 4.78 is 23.9. The molecule has 1 atom stereocenters. The minimum atomic E-state index is -1.09. The molecule has 2 aliphatic rings. The van der Waals surface area contributed by atoms with Gasteiger partial charge >= 0.3 is 11.7 Å². The first-order valence-electron chi connectivity index (χ1n) is 14.0. The highest BCUT2D eigenvalue weighted by atomic mass is 19.1. The van der Waals surface area contributed by atoms with E-state index in [1.165, 1.54) is 12.5 Å². The Morgan fingerprint density at radius 1 is 1.03 bits per heavy atom. The summed E-state index contributed by atoms with van der Waals surface area (Å²) in [6.45, 7) is -0.0914. The fraction of sp³-hybridized carbons (Fsp3) is 0.500. The van der Waals surface area contributed by atoms with Crippen molar-refractivity contribution >= 4 is 22.6 Å². The first kappa shape index (κ1) is 27.1. The lowest BCUT2D eigenvalue weighted by Gasteiger charge is -2.25. The van der Waals surface area contributed by atoms with Gasteiger partial charge in [0.2, 0.25) is 0 Å². The van der Waals surface area contributed by atoms with Gasteiger partial charge in [-0.2, -0.15) is 0 Å². The number of nitrogens with one attached hydrogen (secondary N) is 1. The molecule has 2 saturated carbocycles. The molecule has 1 heterocycles. The molecular formula is C30H36FN3O5. The Kier molecular flexibility index (Phi) is 8.45. The molecule has 0 amide bonds. The topological polar surface area (TPSA) is 103 Å². The van der Waals surface area contributed by atoms with Gasteiger partial charge in [0.15, 0.2) is 0 Å². The maximum Gasteiger partial charge on any atom is 0.331 e. The number of fused-ring (bicyclic) bond motifs is 1. The number of carboxylic acids is 1. The summed E-state index contributed by atoms with van der Waals surface area (Å²) in [5.41, 5.74) is 0.446. The third-order valence-electron chi connectivity index (χ3n) is 8.03. The minimum Gasteiger partial charge on any atom is -0.481 e. The third-order valence-corrected chi connectivity index (χ3v) is 8.03. The molecule has 2 aromatic carbocycles. The van der Waals surface area contributed by atoms with Crippen molar-refractivity contribution in [3.8, 4) is 0 Å². The summed E-state index contributed by atoms with van der Waals surface area (Å²) in [6, 6.07) is 12.2. The number of halogens is 1. The van der Waals surface area contributed by atoms with Gasteiger partial charge in [0.05, 0.1) is 42.3 Å². The van der Waals surface area contributed by atoms with E-state index in [0.717, 1.165) is 61.5 Å². The number of hydrogen-bond acceptors (Lipinski definition) is 5. The Balaban J connectivity index is 1.54. The van der Waals surface area contributed by atoms with Gasteiger partial charge in [-0.25, -0.2) is 9.18 Å². The normalized spacial score (nSPS) is 17.5. The molecule has 9 heteroatoms. The molecule has 0 saturated heterocycles. The summed E-state index contributed by atoms with van der Waals surface area (Å²) in [7, 11) is 0. The number of ether oxygens (including phenoxy) is 1. The van der Waals surface area contributed by atoms with Crippen molar-refractivity contribution in [2.24, 2.45) is 0 Å². The Labute approximate surface area is 226 Å². The molecule has 1 aromatic heterocycles. The van der Waals surface area contributed by atoms with Crippen LogP contribution in [0.4, 0.5) is 10.1 Å². The van der Waals surface area contributed by atoms with Gasteiger partial charge in [0.1, 0.15) is 5.82 Å². The number of nitrogens with zero attached hydrogens (tertiary/aromatic N) is 2. The van der Waals surface area contributed by atoms with E-state index in [1.807, 2.05) is 30.3 Å². The Hall–Kier alpha value is -3.46. The van der Waals surface area contributed by atoms with Crippen molar-refractivity contribution in [2.45, 2.75) is 95.5 Å². The maximum absolute atomic E-state index is 15.3. The van der Waals surface area contributed by atoms with E-state index < -0.39 is 29.1 Å². The molecule has 2 aliphatic carbocycles. The van der Waals surface area contributed by atoms with Crippen molar-refractivity contribution in [2.75, 3.05) is 5.32 Å². The van der Waals surface area contributed by atoms with Crippen LogP contribution in [0.25, 0.3) is 10.9 Å². The zero-order valence-electron chi connectivity index (χ0n) is 22.1. The second-order valence-electron chi connectivity index (χ2n) is 10.9. The summed E-state index contributed by atoms with van der Waals surface area (Å²) in [6.07, 6.45) is 7.50. The monoisotopic (exact) mass is 537 g/mol. The van der Waals surface area contributed by atoms with E-state index in [0.29, 0.717) is 11.2 Å². The van der Waals surface area contributed by atoms with Crippen LogP contribution in [0.5, 0.6) is 0 Å². The predicted octanol–water partition coefficient (Wildman–Crippen LogP) is 5.22. The zero-order chi connectivity index (χ0) is 27.4. The smallest absolute Gasteiger partial charge is 0.331 e. The molecule has 2 N–H and O–H groups in total. The van der Waals surface area contributed by atoms with Gasteiger partial charge < -0.3 is 15.2 Å². The molecule has 2 fully saturated rings. The van der Waals surface area contributed by atoms with Crippen molar-refractivity contribution in [1.29, 1.82) is 0 Å². The van der Waals surface area contributed by atoms with Gasteiger partial charge in [-0.05, 0) is 43.4 Å². The summed E-state index contributed by atoms with van der Waals surface area (Å²) in [4.78, 5) is 39.1. The Bertz CT molecular complexity index is 1420. The van der Waals surface area contributed by atoms with Gasteiger partial charge in [-0.1, -0.05) is 62.4 Å². The van der Waals surface area contributed by atoms with Crippen LogP contribution in [0.1, 0.15) is 75.8 Å². The third kappa shape index (κ3) is 6.24. The predicted molar refractivity (Wildman–Crippen MR) is 148 cm³/mol. The molecule has 39 heavy (non-hydrogen) atoms. The molecule has 8 nitrogen and oxygen atoms in total. The molecule has 0 radical (unpaired) electrons. The molecule has 0 aliphatic heterocycles.